The first-order valence-corrected chi connectivity index (χ1v) is 6.77. The van der Waals surface area contributed by atoms with E-state index < -0.39 is 5.97 Å². The molecule has 0 aliphatic rings. The predicted molar refractivity (Wildman–Crippen MR) is 82.9 cm³/mol. The second kappa shape index (κ2) is 8.12. The van der Waals surface area contributed by atoms with E-state index in [0.717, 1.165) is 16.1 Å². The van der Waals surface area contributed by atoms with Crippen LogP contribution in [-0.2, 0) is 9.59 Å². The van der Waals surface area contributed by atoms with Crippen LogP contribution >= 0.6 is 15.9 Å². The summed E-state index contributed by atoms with van der Waals surface area (Å²) in [4.78, 5) is 22.1. The lowest BCUT2D eigenvalue weighted by atomic mass is 10.1. The normalized spacial score (nSPS) is 10.1. The smallest absolute Gasteiger partial charge is 0.328 e. The summed E-state index contributed by atoms with van der Waals surface area (Å²) in [6.45, 7) is 1.74. The molecule has 0 aromatic heterocycles. The molecule has 0 bridgehead atoms. The largest absolute Gasteiger partial charge is 0.483 e. The van der Waals surface area contributed by atoms with Crippen LogP contribution < -0.4 is 10.1 Å². The van der Waals surface area contributed by atoms with E-state index in [1.807, 2.05) is 6.07 Å². The lowest BCUT2D eigenvalue weighted by Crippen LogP contribution is -2.29. The Morgan fingerprint density at radius 3 is 2.86 bits per heavy atom. The van der Waals surface area contributed by atoms with Crippen molar-refractivity contribution in [3.05, 3.63) is 33.8 Å². The van der Waals surface area contributed by atoms with Crippen LogP contribution in [0.4, 0.5) is 0 Å². The van der Waals surface area contributed by atoms with E-state index in [2.05, 4.69) is 27.2 Å². The van der Waals surface area contributed by atoms with Gasteiger partial charge in [0, 0.05) is 16.1 Å². The first kappa shape index (κ1) is 16.8. The number of ether oxygens (including phenoxy) is 1. The topological polar surface area (TPSA) is 75.6 Å². The summed E-state index contributed by atoms with van der Waals surface area (Å²) in [7, 11) is 0. The molecule has 110 valence electrons. The van der Waals surface area contributed by atoms with Gasteiger partial charge in [0.1, 0.15) is 5.75 Å². The van der Waals surface area contributed by atoms with Gasteiger partial charge in [-0.1, -0.05) is 21.9 Å². The molecule has 1 aromatic carbocycles. The van der Waals surface area contributed by atoms with Crippen molar-refractivity contribution in [2.45, 2.75) is 6.92 Å². The van der Waals surface area contributed by atoms with Crippen molar-refractivity contribution in [2.24, 2.45) is 0 Å². The minimum Gasteiger partial charge on any atom is -0.483 e. The van der Waals surface area contributed by atoms with Crippen LogP contribution in [0.2, 0.25) is 0 Å². The molecule has 2 N–H and O–H groups in total. The van der Waals surface area contributed by atoms with Gasteiger partial charge in [0.05, 0.1) is 6.54 Å². The Bertz CT molecular complexity index is 617. The van der Waals surface area contributed by atoms with Crippen LogP contribution in [-0.4, -0.2) is 30.1 Å². The minimum atomic E-state index is -1.06. The van der Waals surface area contributed by atoms with E-state index in [4.69, 9.17) is 16.3 Å². The first-order chi connectivity index (χ1) is 9.93. The van der Waals surface area contributed by atoms with Crippen molar-refractivity contribution in [3.8, 4) is 18.1 Å². The molecule has 0 aliphatic carbocycles. The maximum absolute atomic E-state index is 11.5. The molecule has 0 atom stereocenters. The number of carbonyl (C=O) groups excluding carboxylic acids is 1. The van der Waals surface area contributed by atoms with Gasteiger partial charge in [0.25, 0.3) is 5.91 Å². The quantitative estimate of drug-likeness (QED) is 0.607. The first-order valence-electron chi connectivity index (χ1n) is 5.98. The molecule has 1 aromatic rings. The molecule has 0 saturated carbocycles. The van der Waals surface area contributed by atoms with Crippen LogP contribution in [0.3, 0.4) is 0 Å². The van der Waals surface area contributed by atoms with E-state index in [-0.39, 0.29) is 19.1 Å². The Labute approximate surface area is 131 Å². The fourth-order valence-electron chi connectivity index (χ4n) is 1.58. The van der Waals surface area contributed by atoms with Crippen molar-refractivity contribution in [1.82, 2.24) is 5.32 Å². The summed E-state index contributed by atoms with van der Waals surface area (Å²) in [5, 5.41) is 11.2. The van der Waals surface area contributed by atoms with Gasteiger partial charge in [-0.25, -0.2) is 4.79 Å². The number of nitrogens with one attached hydrogen (secondary N) is 1. The second-order valence-corrected chi connectivity index (χ2v) is 5.00. The van der Waals surface area contributed by atoms with Gasteiger partial charge in [-0.2, -0.15) is 0 Å². The second-order valence-electron chi connectivity index (χ2n) is 4.08. The summed E-state index contributed by atoms with van der Waals surface area (Å²) < 4.78 is 6.25. The Balaban J connectivity index is 2.92. The molecule has 0 radical (unpaired) electrons. The van der Waals surface area contributed by atoms with Gasteiger partial charge in [0.2, 0.25) is 0 Å². The van der Waals surface area contributed by atoms with Crippen molar-refractivity contribution in [2.75, 3.05) is 13.2 Å². The van der Waals surface area contributed by atoms with Crippen molar-refractivity contribution in [1.29, 1.82) is 0 Å². The highest BCUT2D eigenvalue weighted by molar-refractivity contribution is 9.10. The molecule has 0 saturated heterocycles. The summed E-state index contributed by atoms with van der Waals surface area (Å²) in [6.07, 6.45) is 7.46. The summed E-state index contributed by atoms with van der Waals surface area (Å²) in [5.74, 6) is 1.33. The van der Waals surface area contributed by atoms with Crippen molar-refractivity contribution in [3.63, 3.8) is 0 Å². The third-order valence-corrected chi connectivity index (χ3v) is 2.87. The van der Waals surface area contributed by atoms with Gasteiger partial charge in [-0.3, -0.25) is 4.79 Å². The van der Waals surface area contributed by atoms with Gasteiger partial charge >= 0.3 is 5.97 Å². The van der Waals surface area contributed by atoms with Crippen LogP contribution in [0.25, 0.3) is 6.08 Å². The maximum Gasteiger partial charge on any atom is 0.328 e. The Morgan fingerprint density at radius 1 is 1.52 bits per heavy atom. The number of rotatable bonds is 6. The molecule has 21 heavy (non-hydrogen) atoms. The van der Waals surface area contributed by atoms with E-state index in [9.17, 15) is 9.59 Å². The molecule has 5 nitrogen and oxygen atoms in total. The SMILES string of the molecule is C#CCNC(=O)COc1c(C)cc(Br)cc1/C=C/C(=O)O. The van der Waals surface area contributed by atoms with Crippen molar-refractivity contribution >= 4 is 33.9 Å². The number of halogens is 1. The third kappa shape index (κ3) is 5.71. The molecule has 0 aliphatic heterocycles. The number of hydrogen-bond donors (Lipinski definition) is 2. The maximum atomic E-state index is 11.5. The predicted octanol–water partition coefficient (Wildman–Crippen LogP) is 1.98. The fourth-order valence-corrected chi connectivity index (χ4v) is 2.17. The fraction of sp³-hybridized carbons (Fsp3) is 0.200. The monoisotopic (exact) mass is 351 g/mol. The highest BCUT2D eigenvalue weighted by atomic mass is 79.9. The van der Waals surface area contributed by atoms with E-state index in [1.165, 1.54) is 6.08 Å². The van der Waals surface area contributed by atoms with Gasteiger partial charge in [-0.05, 0) is 30.7 Å². The molecule has 0 heterocycles. The number of aryl methyl sites for hydroxylation is 1. The Kier molecular flexibility index (Phi) is 6.50. The van der Waals surface area contributed by atoms with Crippen LogP contribution in [0.1, 0.15) is 11.1 Å². The number of carbonyl (C=O) groups is 2. The summed E-state index contributed by atoms with van der Waals surface area (Å²) >= 11 is 3.33. The minimum absolute atomic E-state index is 0.132. The average molecular weight is 352 g/mol. The molecule has 1 amide bonds. The average Bonchev–Trinajstić information content (AvgIpc) is 2.41. The zero-order valence-corrected chi connectivity index (χ0v) is 12.9. The Hall–Kier alpha value is -2.26. The molecule has 0 spiro atoms. The lowest BCUT2D eigenvalue weighted by molar-refractivity contribution is -0.131. The number of terminal acetylenes is 1. The number of amides is 1. The van der Waals surface area contributed by atoms with E-state index in [1.54, 1.807) is 13.0 Å². The van der Waals surface area contributed by atoms with Gasteiger partial charge < -0.3 is 15.2 Å². The lowest BCUT2D eigenvalue weighted by Gasteiger charge is -2.12. The zero-order valence-electron chi connectivity index (χ0n) is 11.4. The van der Waals surface area contributed by atoms with Crippen LogP contribution in [0.15, 0.2) is 22.7 Å². The number of hydrogen-bond acceptors (Lipinski definition) is 3. The molecular formula is C15H14BrNO4. The highest BCUT2D eigenvalue weighted by Crippen LogP contribution is 2.29. The van der Waals surface area contributed by atoms with Gasteiger partial charge in [0.15, 0.2) is 6.61 Å². The molecule has 6 heteroatoms. The third-order valence-electron chi connectivity index (χ3n) is 2.41. The highest BCUT2D eigenvalue weighted by Gasteiger charge is 2.10. The summed E-state index contributed by atoms with van der Waals surface area (Å²) in [5.41, 5.74) is 1.34. The van der Waals surface area contributed by atoms with E-state index in [0.29, 0.717) is 11.3 Å². The zero-order chi connectivity index (χ0) is 15.8. The number of aliphatic carboxylic acids is 1. The van der Waals surface area contributed by atoms with Crippen LogP contribution in [0.5, 0.6) is 5.75 Å². The molecule has 0 unspecified atom stereocenters. The van der Waals surface area contributed by atoms with Crippen LogP contribution in [0, 0.1) is 19.3 Å². The number of carboxylic acids is 1. The van der Waals surface area contributed by atoms with Gasteiger partial charge in [-0.15, -0.1) is 6.42 Å². The van der Waals surface area contributed by atoms with Crippen molar-refractivity contribution < 1.29 is 19.4 Å². The molecule has 0 fully saturated rings. The van der Waals surface area contributed by atoms with E-state index >= 15 is 0 Å². The number of carboxylic acid groups (broad SMARTS) is 1. The molecule has 1 rings (SSSR count). The number of benzene rings is 1. The standard InChI is InChI=1S/C15H14BrNO4/c1-3-6-17-13(18)9-21-15-10(2)7-12(16)8-11(15)4-5-14(19)20/h1,4-5,7-8H,6,9H2,2H3,(H,17,18)(H,19,20)/b5-4+. The Morgan fingerprint density at radius 2 is 2.24 bits per heavy atom. The summed E-state index contributed by atoms with van der Waals surface area (Å²) in [6, 6.07) is 3.52. The molecular weight excluding hydrogens is 338 g/mol.